The van der Waals surface area contributed by atoms with E-state index >= 15 is 0 Å². The number of hydrogen-bond acceptors (Lipinski definition) is 7. The normalized spacial score (nSPS) is 11.2. The van der Waals surface area contributed by atoms with Gasteiger partial charge in [0, 0.05) is 18.2 Å². The van der Waals surface area contributed by atoms with E-state index in [0.717, 1.165) is 11.3 Å². The SMILES string of the molecule is CC(C)(C)C(=O)c1c[nH]c2ncc(-c3ccc(C(=O)O)s3)nc12.CNCCO. The number of Topliss-reactive ketones (excluding diaryl/α,β-unsaturated/α-hetero) is 1. The van der Waals surface area contributed by atoms with Gasteiger partial charge in [-0.3, -0.25) is 4.79 Å². The van der Waals surface area contributed by atoms with Gasteiger partial charge in [-0.2, -0.15) is 0 Å². The Hall–Kier alpha value is -2.62. The molecule has 0 saturated carbocycles. The van der Waals surface area contributed by atoms with Crippen molar-refractivity contribution in [2.24, 2.45) is 5.41 Å². The van der Waals surface area contributed by atoms with Crippen LogP contribution < -0.4 is 5.32 Å². The Kier molecular flexibility index (Phi) is 7.00. The molecule has 8 nitrogen and oxygen atoms in total. The van der Waals surface area contributed by atoms with Crippen LogP contribution in [0.2, 0.25) is 0 Å². The van der Waals surface area contributed by atoms with Gasteiger partial charge in [0.2, 0.25) is 0 Å². The van der Waals surface area contributed by atoms with Crippen LogP contribution in [0.4, 0.5) is 0 Å². The molecule has 0 bridgehead atoms. The summed E-state index contributed by atoms with van der Waals surface area (Å²) in [6.07, 6.45) is 3.20. The minimum absolute atomic E-state index is 0.0207. The number of carbonyl (C=O) groups excluding carboxylic acids is 1. The summed E-state index contributed by atoms with van der Waals surface area (Å²) >= 11 is 1.13. The van der Waals surface area contributed by atoms with Gasteiger partial charge in [-0.15, -0.1) is 11.3 Å². The topological polar surface area (TPSA) is 128 Å². The molecule has 0 fully saturated rings. The maximum atomic E-state index is 12.5. The molecule has 150 valence electrons. The second kappa shape index (κ2) is 9.05. The molecule has 0 spiro atoms. The Balaban J connectivity index is 0.000000500. The molecule has 0 atom stereocenters. The van der Waals surface area contributed by atoms with Crippen molar-refractivity contribution >= 4 is 34.3 Å². The van der Waals surface area contributed by atoms with Crippen molar-refractivity contribution in [3.63, 3.8) is 0 Å². The zero-order valence-electron chi connectivity index (χ0n) is 16.2. The van der Waals surface area contributed by atoms with E-state index in [-0.39, 0.29) is 17.3 Å². The molecule has 0 unspecified atom stereocenters. The second-order valence-corrected chi connectivity index (χ2v) is 8.11. The third kappa shape index (κ3) is 5.00. The van der Waals surface area contributed by atoms with Crippen LogP contribution in [0.15, 0.2) is 24.5 Å². The fraction of sp³-hybridized carbons (Fsp3) is 0.368. The van der Waals surface area contributed by atoms with E-state index < -0.39 is 11.4 Å². The number of fused-ring (bicyclic) bond motifs is 1. The first-order chi connectivity index (χ1) is 13.2. The number of nitrogens with zero attached hydrogens (tertiary/aromatic N) is 2. The first-order valence-electron chi connectivity index (χ1n) is 8.67. The molecule has 3 aromatic heterocycles. The molecule has 0 radical (unpaired) electrons. The summed E-state index contributed by atoms with van der Waals surface area (Å²) in [5.74, 6) is -0.992. The van der Waals surface area contributed by atoms with Crippen molar-refractivity contribution in [3.8, 4) is 10.6 Å². The largest absolute Gasteiger partial charge is 0.477 e. The summed E-state index contributed by atoms with van der Waals surface area (Å²) < 4.78 is 0. The smallest absolute Gasteiger partial charge is 0.345 e. The Morgan fingerprint density at radius 3 is 2.50 bits per heavy atom. The molecular weight excluding hydrogens is 380 g/mol. The predicted molar refractivity (Wildman–Crippen MR) is 109 cm³/mol. The van der Waals surface area contributed by atoms with E-state index in [0.29, 0.717) is 33.8 Å². The summed E-state index contributed by atoms with van der Waals surface area (Å²) in [7, 11) is 1.80. The quantitative estimate of drug-likeness (QED) is 0.481. The fourth-order valence-corrected chi connectivity index (χ4v) is 3.09. The molecule has 0 aliphatic heterocycles. The van der Waals surface area contributed by atoms with Gasteiger partial charge in [0.15, 0.2) is 11.4 Å². The van der Waals surface area contributed by atoms with E-state index in [2.05, 4.69) is 20.3 Å². The van der Waals surface area contributed by atoms with Gasteiger partial charge in [-0.25, -0.2) is 14.8 Å². The zero-order chi connectivity index (χ0) is 20.9. The molecule has 28 heavy (non-hydrogen) atoms. The molecule has 3 aromatic rings. The average Bonchev–Trinajstić information content (AvgIpc) is 3.28. The summed E-state index contributed by atoms with van der Waals surface area (Å²) in [5, 5.41) is 19.8. The van der Waals surface area contributed by atoms with Crippen LogP contribution in [0.1, 0.15) is 40.8 Å². The number of aromatic nitrogens is 3. The number of nitrogens with one attached hydrogen (secondary N) is 2. The molecule has 4 N–H and O–H groups in total. The molecule has 0 aromatic carbocycles. The van der Waals surface area contributed by atoms with Crippen LogP contribution in [0.3, 0.4) is 0 Å². The number of carboxylic acids is 1. The number of aromatic carboxylic acids is 1. The van der Waals surface area contributed by atoms with Crippen molar-refractivity contribution in [2.75, 3.05) is 20.2 Å². The molecule has 9 heteroatoms. The molecule has 0 saturated heterocycles. The van der Waals surface area contributed by atoms with Crippen LogP contribution in [-0.4, -0.2) is 57.1 Å². The number of likely N-dealkylation sites (N-methyl/N-ethyl adjacent to an activating group) is 1. The highest BCUT2D eigenvalue weighted by Gasteiger charge is 2.26. The maximum Gasteiger partial charge on any atom is 0.345 e. The Labute approximate surface area is 166 Å². The predicted octanol–water partition coefficient (Wildman–Crippen LogP) is 2.81. The number of aromatic amines is 1. The number of carbonyl (C=O) groups is 2. The van der Waals surface area contributed by atoms with Crippen molar-refractivity contribution in [2.45, 2.75) is 20.8 Å². The number of ketones is 1. The van der Waals surface area contributed by atoms with E-state index in [1.54, 1.807) is 25.5 Å². The number of thiophene rings is 1. The van der Waals surface area contributed by atoms with Crippen molar-refractivity contribution in [3.05, 3.63) is 35.0 Å². The maximum absolute atomic E-state index is 12.5. The number of rotatable bonds is 5. The second-order valence-electron chi connectivity index (χ2n) is 7.03. The number of aliphatic hydroxyl groups excluding tert-OH is 1. The Morgan fingerprint density at radius 2 is 2.00 bits per heavy atom. The lowest BCUT2D eigenvalue weighted by Crippen LogP contribution is -2.20. The van der Waals surface area contributed by atoms with E-state index in [1.165, 1.54) is 6.07 Å². The summed E-state index contributed by atoms with van der Waals surface area (Å²) in [4.78, 5) is 36.2. The molecule has 3 rings (SSSR count). The third-order valence-corrected chi connectivity index (χ3v) is 4.83. The van der Waals surface area contributed by atoms with Crippen molar-refractivity contribution in [1.29, 1.82) is 0 Å². The van der Waals surface area contributed by atoms with Gasteiger partial charge in [0.25, 0.3) is 0 Å². The van der Waals surface area contributed by atoms with Gasteiger partial charge in [-0.05, 0) is 19.2 Å². The van der Waals surface area contributed by atoms with Gasteiger partial charge >= 0.3 is 5.97 Å². The van der Waals surface area contributed by atoms with Crippen LogP contribution in [0.25, 0.3) is 21.7 Å². The molecule has 0 aliphatic rings. The monoisotopic (exact) mass is 404 g/mol. The van der Waals surface area contributed by atoms with E-state index in [4.69, 9.17) is 10.2 Å². The lowest BCUT2D eigenvalue weighted by atomic mass is 9.87. The lowest BCUT2D eigenvalue weighted by Gasteiger charge is -2.15. The molecule has 3 heterocycles. The van der Waals surface area contributed by atoms with Gasteiger partial charge in [0.1, 0.15) is 10.4 Å². The molecule has 0 aliphatic carbocycles. The first-order valence-corrected chi connectivity index (χ1v) is 9.48. The highest BCUT2D eigenvalue weighted by molar-refractivity contribution is 7.17. The minimum Gasteiger partial charge on any atom is -0.477 e. The standard InChI is InChI=1S/C16H15N3O3S.C3H9NO/c1-16(2,3)13(20)8-6-17-14-12(8)19-9(7-18-14)10-4-5-11(23-10)15(21)22;1-4-2-3-5/h4-7H,1-3H3,(H,17,18)(H,21,22);4-5H,2-3H2,1H3. The number of aliphatic hydroxyl groups is 1. The highest BCUT2D eigenvalue weighted by atomic mass is 32.1. The van der Waals surface area contributed by atoms with Crippen LogP contribution in [0, 0.1) is 5.41 Å². The lowest BCUT2D eigenvalue weighted by molar-refractivity contribution is 0.0701. The average molecular weight is 404 g/mol. The van der Waals surface area contributed by atoms with Crippen molar-refractivity contribution in [1.82, 2.24) is 20.3 Å². The molecular formula is C19H24N4O4S. The van der Waals surface area contributed by atoms with Crippen molar-refractivity contribution < 1.29 is 19.8 Å². The van der Waals surface area contributed by atoms with Gasteiger partial charge in [-0.1, -0.05) is 20.8 Å². The molecule has 0 amide bonds. The Morgan fingerprint density at radius 1 is 1.29 bits per heavy atom. The number of H-pyrrole nitrogens is 1. The summed E-state index contributed by atoms with van der Waals surface area (Å²) in [6, 6.07) is 3.23. The minimum atomic E-state index is -0.972. The Bertz CT molecular complexity index is 970. The van der Waals surface area contributed by atoms with Gasteiger partial charge < -0.3 is 20.5 Å². The summed E-state index contributed by atoms with van der Waals surface area (Å²) in [6.45, 7) is 6.48. The van der Waals surface area contributed by atoms with Crippen LogP contribution in [-0.2, 0) is 0 Å². The van der Waals surface area contributed by atoms with E-state index in [1.807, 2.05) is 20.8 Å². The summed E-state index contributed by atoms with van der Waals surface area (Å²) in [5.41, 5.74) is 1.57. The highest BCUT2D eigenvalue weighted by Crippen LogP contribution is 2.29. The van der Waals surface area contributed by atoms with Gasteiger partial charge in [0.05, 0.1) is 28.9 Å². The third-order valence-electron chi connectivity index (χ3n) is 3.74. The zero-order valence-corrected chi connectivity index (χ0v) is 17.1. The van der Waals surface area contributed by atoms with Crippen LogP contribution >= 0.6 is 11.3 Å². The van der Waals surface area contributed by atoms with Crippen LogP contribution in [0.5, 0.6) is 0 Å². The fourth-order valence-electron chi connectivity index (χ4n) is 2.29. The number of hydrogen-bond donors (Lipinski definition) is 4. The van der Waals surface area contributed by atoms with E-state index in [9.17, 15) is 9.59 Å². The number of carboxylic acid groups (broad SMARTS) is 1. The first kappa shape index (κ1) is 21.7.